The van der Waals surface area contributed by atoms with E-state index < -0.39 is 23.3 Å². The van der Waals surface area contributed by atoms with Crippen LogP contribution < -0.4 is 4.90 Å². The lowest BCUT2D eigenvalue weighted by atomic mass is 10.1. The topological polar surface area (TPSA) is 20.3 Å². The minimum atomic E-state index is -2.53. The fourth-order valence-electron chi connectivity index (χ4n) is 2.57. The molecule has 0 unspecified atom stereocenters. The minimum absolute atomic E-state index is 0.221. The summed E-state index contributed by atoms with van der Waals surface area (Å²) in [5.41, 5.74) is 0.810. The Morgan fingerprint density at radius 2 is 1.83 bits per heavy atom. The Hall–Kier alpha value is -2.02. The third-order valence-corrected chi connectivity index (χ3v) is 4.31. The molecule has 0 saturated carbocycles. The molecule has 0 radical (unpaired) electrons. The summed E-state index contributed by atoms with van der Waals surface area (Å²) in [6.07, 6.45) is 0.312. The third kappa shape index (κ3) is 3.19. The number of halogens is 4. The number of alkyl halides is 2. The van der Waals surface area contributed by atoms with E-state index in [2.05, 4.69) is 0 Å². The average molecular weight is 341 g/mol. The summed E-state index contributed by atoms with van der Waals surface area (Å²) < 4.78 is 51.7. The Balaban J connectivity index is 1.86. The average Bonchev–Trinajstić information content (AvgIpc) is 2.90. The lowest BCUT2D eigenvalue weighted by molar-refractivity contribution is 0.0989. The maximum Gasteiger partial charge on any atom is 0.288 e. The number of amides is 1. The van der Waals surface area contributed by atoms with Crippen LogP contribution in [0.4, 0.5) is 23.2 Å². The summed E-state index contributed by atoms with van der Waals surface area (Å²) in [6.45, 7) is 0.252. The van der Waals surface area contributed by atoms with Crippen molar-refractivity contribution in [3.63, 3.8) is 0 Å². The molecule has 0 N–H and O–H groups in total. The van der Waals surface area contributed by atoms with Crippen molar-refractivity contribution in [1.82, 2.24) is 0 Å². The maximum absolute atomic E-state index is 13.7. The van der Waals surface area contributed by atoms with E-state index in [0.717, 1.165) is 12.1 Å². The normalized spacial score (nSPS) is 13.5. The predicted octanol–water partition coefficient (Wildman–Crippen LogP) is 4.48. The van der Waals surface area contributed by atoms with E-state index in [4.69, 9.17) is 0 Å². The zero-order valence-electron chi connectivity index (χ0n) is 11.7. The molecule has 120 valence electrons. The summed E-state index contributed by atoms with van der Waals surface area (Å²) in [5, 5.41) is 0. The van der Waals surface area contributed by atoms with Gasteiger partial charge in [-0.3, -0.25) is 4.79 Å². The maximum atomic E-state index is 13.7. The number of nitrogens with zero attached hydrogens (tertiary/aromatic N) is 1. The van der Waals surface area contributed by atoms with Crippen molar-refractivity contribution in [3.05, 3.63) is 59.2 Å². The molecule has 3 rings (SSSR count). The van der Waals surface area contributed by atoms with Crippen molar-refractivity contribution < 1.29 is 22.4 Å². The Kier molecular flexibility index (Phi) is 4.30. The molecule has 1 heterocycles. The van der Waals surface area contributed by atoms with Gasteiger partial charge < -0.3 is 4.90 Å². The third-order valence-electron chi connectivity index (χ3n) is 3.58. The van der Waals surface area contributed by atoms with Crippen LogP contribution in [0.1, 0.15) is 15.9 Å². The first kappa shape index (κ1) is 15.9. The number of hydrogen-bond donors (Lipinski definition) is 0. The van der Waals surface area contributed by atoms with Crippen LogP contribution in [0, 0.1) is 11.6 Å². The number of carbonyl (C=O) groups excluding carboxylic acids is 1. The Morgan fingerprint density at radius 1 is 1.13 bits per heavy atom. The van der Waals surface area contributed by atoms with Crippen LogP contribution in [0.25, 0.3) is 0 Å². The highest BCUT2D eigenvalue weighted by atomic mass is 32.2. The molecule has 0 atom stereocenters. The van der Waals surface area contributed by atoms with Gasteiger partial charge in [-0.05, 0) is 36.8 Å². The van der Waals surface area contributed by atoms with Crippen LogP contribution in [-0.4, -0.2) is 18.2 Å². The lowest BCUT2D eigenvalue weighted by Crippen LogP contribution is -2.28. The van der Waals surface area contributed by atoms with Gasteiger partial charge in [-0.15, -0.1) is 0 Å². The fraction of sp³-hybridized carbons (Fsp3) is 0.188. The van der Waals surface area contributed by atoms with E-state index in [-0.39, 0.29) is 17.8 Å². The molecule has 0 aromatic heterocycles. The second-order valence-corrected chi connectivity index (χ2v) is 6.06. The monoisotopic (exact) mass is 341 g/mol. The number of fused-ring (bicyclic) bond motifs is 1. The molecule has 23 heavy (non-hydrogen) atoms. The van der Waals surface area contributed by atoms with Crippen LogP contribution >= 0.6 is 11.8 Å². The van der Waals surface area contributed by atoms with Gasteiger partial charge in [-0.2, -0.15) is 8.78 Å². The Labute approximate surface area is 134 Å². The van der Waals surface area contributed by atoms with Gasteiger partial charge in [0.1, 0.15) is 11.6 Å². The summed E-state index contributed by atoms with van der Waals surface area (Å²) >= 11 is 0.386. The number of hydrogen-bond acceptors (Lipinski definition) is 2. The second kappa shape index (κ2) is 6.23. The van der Waals surface area contributed by atoms with E-state index in [1.165, 1.54) is 29.2 Å². The first-order valence-electron chi connectivity index (χ1n) is 6.80. The molecule has 0 fully saturated rings. The van der Waals surface area contributed by atoms with Crippen LogP contribution in [0.15, 0.2) is 41.3 Å². The fourth-order valence-corrected chi connectivity index (χ4v) is 3.07. The van der Waals surface area contributed by atoms with Crippen LogP contribution in [0.2, 0.25) is 0 Å². The van der Waals surface area contributed by atoms with Crippen molar-refractivity contribution >= 4 is 23.4 Å². The SMILES string of the molecule is O=C(c1ccc(SC(F)F)cc1)N1CCc2c(F)cc(F)cc21. The first-order chi connectivity index (χ1) is 11.0. The van der Waals surface area contributed by atoms with E-state index in [9.17, 15) is 22.4 Å². The van der Waals surface area contributed by atoms with E-state index >= 15 is 0 Å². The van der Waals surface area contributed by atoms with E-state index in [0.29, 0.717) is 28.6 Å². The number of carbonyl (C=O) groups is 1. The Bertz CT molecular complexity index is 748. The molecule has 1 amide bonds. The Morgan fingerprint density at radius 3 is 2.48 bits per heavy atom. The smallest absolute Gasteiger partial charge is 0.288 e. The lowest BCUT2D eigenvalue weighted by Gasteiger charge is -2.17. The molecule has 2 aromatic rings. The van der Waals surface area contributed by atoms with Crippen molar-refractivity contribution in [2.45, 2.75) is 17.1 Å². The van der Waals surface area contributed by atoms with Gasteiger partial charge >= 0.3 is 0 Å². The zero-order chi connectivity index (χ0) is 16.6. The second-order valence-electron chi connectivity index (χ2n) is 4.99. The highest BCUT2D eigenvalue weighted by Crippen LogP contribution is 2.32. The predicted molar refractivity (Wildman–Crippen MR) is 80.0 cm³/mol. The minimum Gasteiger partial charge on any atom is -0.308 e. The van der Waals surface area contributed by atoms with E-state index in [1.807, 2.05) is 0 Å². The first-order valence-corrected chi connectivity index (χ1v) is 7.68. The molecule has 1 aliphatic rings. The number of benzene rings is 2. The molecule has 1 aliphatic heterocycles. The highest BCUT2D eigenvalue weighted by molar-refractivity contribution is 7.99. The standard InChI is InChI=1S/C16H11F4NOS/c17-10-7-13(18)12-5-6-21(14(12)8-10)15(22)9-1-3-11(4-2-9)23-16(19)20/h1-4,7-8,16H,5-6H2. The molecule has 2 aromatic carbocycles. The summed E-state index contributed by atoms with van der Waals surface area (Å²) in [7, 11) is 0. The summed E-state index contributed by atoms with van der Waals surface area (Å²) in [5.74, 6) is -4.36. The molecular weight excluding hydrogens is 330 g/mol. The van der Waals surface area contributed by atoms with Gasteiger partial charge in [0.2, 0.25) is 0 Å². The van der Waals surface area contributed by atoms with Gasteiger partial charge in [0, 0.05) is 28.6 Å². The summed E-state index contributed by atoms with van der Waals surface area (Å²) in [4.78, 5) is 14.1. The largest absolute Gasteiger partial charge is 0.308 e. The van der Waals surface area contributed by atoms with Gasteiger partial charge in [0.15, 0.2) is 0 Å². The van der Waals surface area contributed by atoms with Crippen molar-refractivity contribution in [1.29, 1.82) is 0 Å². The molecule has 0 spiro atoms. The number of anilines is 1. The van der Waals surface area contributed by atoms with Crippen molar-refractivity contribution in [3.8, 4) is 0 Å². The number of rotatable bonds is 3. The quantitative estimate of drug-likeness (QED) is 0.606. The van der Waals surface area contributed by atoms with Crippen molar-refractivity contribution in [2.24, 2.45) is 0 Å². The summed E-state index contributed by atoms with van der Waals surface area (Å²) in [6, 6.07) is 7.63. The molecule has 2 nitrogen and oxygen atoms in total. The van der Waals surface area contributed by atoms with Gasteiger partial charge in [0.25, 0.3) is 11.7 Å². The van der Waals surface area contributed by atoms with Crippen molar-refractivity contribution in [2.75, 3.05) is 11.4 Å². The van der Waals surface area contributed by atoms with Crippen LogP contribution in [0.3, 0.4) is 0 Å². The molecule has 0 aliphatic carbocycles. The van der Waals surface area contributed by atoms with Gasteiger partial charge in [-0.1, -0.05) is 11.8 Å². The van der Waals surface area contributed by atoms with Crippen LogP contribution in [0.5, 0.6) is 0 Å². The van der Waals surface area contributed by atoms with E-state index in [1.54, 1.807) is 0 Å². The molecular formula is C16H11F4NOS. The van der Waals surface area contributed by atoms with Gasteiger partial charge in [0.05, 0.1) is 5.69 Å². The highest BCUT2D eigenvalue weighted by Gasteiger charge is 2.28. The zero-order valence-corrected chi connectivity index (χ0v) is 12.5. The molecule has 7 heteroatoms. The van der Waals surface area contributed by atoms with Crippen LogP contribution in [-0.2, 0) is 6.42 Å². The number of thioether (sulfide) groups is 1. The molecule has 0 bridgehead atoms. The molecule has 0 saturated heterocycles. The van der Waals surface area contributed by atoms with Gasteiger partial charge in [-0.25, -0.2) is 8.78 Å².